The van der Waals surface area contributed by atoms with Crippen molar-refractivity contribution in [3.63, 3.8) is 0 Å². The summed E-state index contributed by atoms with van der Waals surface area (Å²) in [7, 11) is 0. The number of carbonyl (C=O) groups excluding carboxylic acids is 1. The fraction of sp³-hybridized carbons (Fsp3) is 0.385. The van der Waals surface area contributed by atoms with Crippen LogP contribution in [0.15, 0.2) is 18.2 Å². The van der Waals surface area contributed by atoms with Crippen LogP contribution >= 0.6 is 11.8 Å². The van der Waals surface area contributed by atoms with E-state index in [1.807, 2.05) is 11.8 Å². The van der Waals surface area contributed by atoms with Crippen molar-refractivity contribution < 1.29 is 19.8 Å². The first kappa shape index (κ1) is 14.5. The number of aromatic carboxylic acids is 1. The van der Waals surface area contributed by atoms with Crippen molar-refractivity contribution in [1.29, 1.82) is 0 Å². The van der Waals surface area contributed by atoms with E-state index in [9.17, 15) is 14.7 Å². The summed E-state index contributed by atoms with van der Waals surface area (Å²) in [6.07, 6.45) is 0.960. The maximum absolute atomic E-state index is 12.1. The van der Waals surface area contributed by atoms with Crippen molar-refractivity contribution in [2.75, 3.05) is 29.9 Å². The number of nitrogens with one attached hydrogen (secondary N) is 1. The van der Waals surface area contributed by atoms with Crippen LogP contribution in [0.1, 0.15) is 16.8 Å². The predicted octanol–water partition coefficient (Wildman–Crippen LogP) is 2.06. The number of benzene rings is 1. The quantitative estimate of drug-likeness (QED) is 0.777. The minimum Gasteiger partial charge on any atom is -0.507 e. The summed E-state index contributed by atoms with van der Waals surface area (Å²) in [6.45, 7) is 1.40. The lowest BCUT2D eigenvalue weighted by Crippen LogP contribution is -2.36. The number of hydrogen-bond donors (Lipinski definition) is 3. The number of aromatic hydroxyl groups is 1. The normalized spacial score (nSPS) is 15.5. The van der Waals surface area contributed by atoms with Gasteiger partial charge in [-0.15, -0.1) is 0 Å². The molecule has 6 nitrogen and oxygen atoms in total. The van der Waals surface area contributed by atoms with Gasteiger partial charge < -0.3 is 20.4 Å². The molecule has 7 heteroatoms. The molecule has 1 aromatic carbocycles. The molecule has 0 saturated carbocycles. The summed E-state index contributed by atoms with van der Waals surface area (Å²) < 4.78 is 0. The molecule has 1 saturated heterocycles. The Hall–Kier alpha value is -1.89. The van der Waals surface area contributed by atoms with E-state index >= 15 is 0 Å². The van der Waals surface area contributed by atoms with Crippen LogP contribution in [-0.2, 0) is 0 Å². The molecule has 0 aromatic heterocycles. The molecule has 2 rings (SSSR count). The molecule has 1 fully saturated rings. The van der Waals surface area contributed by atoms with E-state index in [1.54, 1.807) is 4.90 Å². The predicted molar refractivity (Wildman–Crippen MR) is 77.6 cm³/mol. The van der Waals surface area contributed by atoms with Gasteiger partial charge in [-0.25, -0.2) is 9.59 Å². The first-order valence-corrected chi connectivity index (χ1v) is 7.43. The third kappa shape index (κ3) is 3.57. The summed E-state index contributed by atoms with van der Waals surface area (Å²) in [5.74, 6) is 0.403. The number of urea groups is 1. The second-order valence-corrected chi connectivity index (χ2v) is 5.64. The standard InChI is InChI=1S/C13H16N2O4S/c16-11-8-9(2-3-10(11)12(17)18)14-13(19)15-4-1-6-20-7-5-15/h2-3,8,16H,1,4-7H2,(H,14,19)(H,17,18). The number of rotatable bonds is 2. The molecule has 0 atom stereocenters. The van der Waals surface area contributed by atoms with Gasteiger partial charge in [0.1, 0.15) is 11.3 Å². The Kier molecular flexibility index (Phi) is 4.73. The van der Waals surface area contributed by atoms with Crippen molar-refractivity contribution in [2.24, 2.45) is 0 Å². The van der Waals surface area contributed by atoms with Crippen LogP contribution in [0.25, 0.3) is 0 Å². The number of carbonyl (C=O) groups is 2. The van der Waals surface area contributed by atoms with Crippen molar-refractivity contribution >= 4 is 29.4 Å². The van der Waals surface area contributed by atoms with Crippen LogP contribution in [0.5, 0.6) is 5.75 Å². The Morgan fingerprint density at radius 3 is 2.75 bits per heavy atom. The number of phenols is 1. The molecular weight excluding hydrogens is 280 g/mol. The largest absolute Gasteiger partial charge is 0.507 e. The van der Waals surface area contributed by atoms with Gasteiger partial charge in [0.2, 0.25) is 0 Å². The molecule has 0 bridgehead atoms. The molecule has 1 aromatic rings. The SMILES string of the molecule is O=C(O)c1ccc(NC(=O)N2CCCSCC2)cc1O. The van der Waals surface area contributed by atoms with E-state index in [0.29, 0.717) is 18.8 Å². The average Bonchev–Trinajstić information content (AvgIpc) is 2.67. The molecule has 0 aliphatic carbocycles. The smallest absolute Gasteiger partial charge is 0.339 e. The highest BCUT2D eigenvalue weighted by Gasteiger charge is 2.16. The molecule has 1 heterocycles. The maximum Gasteiger partial charge on any atom is 0.339 e. The molecule has 0 spiro atoms. The second-order valence-electron chi connectivity index (χ2n) is 4.42. The van der Waals surface area contributed by atoms with Crippen molar-refractivity contribution in [1.82, 2.24) is 4.90 Å². The van der Waals surface area contributed by atoms with Crippen molar-refractivity contribution in [3.05, 3.63) is 23.8 Å². The fourth-order valence-electron chi connectivity index (χ4n) is 1.94. The number of nitrogens with zero attached hydrogens (tertiary/aromatic N) is 1. The molecule has 1 aliphatic heterocycles. The molecule has 108 valence electrons. The van der Waals surface area contributed by atoms with Crippen LogP contribution in [-0.4, -0.2) is 51.7 Å². The van der Waals surface area contributed by atoms with Gasteiger partial charge in [0.05, 0.1) is 0 Å². The fourth-order valence-corrected chi connectivity index (χ4v) is 2.83. The lowest BCUT2D eigenvalue weighted by molar-refractivity contribution is 0.0694. The Bertz CT molecular complexity index is 513. The van der Waals surface area contributed by atoms with Crippen molar-refractivity contribution in [2.45, 2.75) is 6.42 Å². The van der Waals surface area contributed by atoms with Crippen LogP contribution in [0.2, 0.25) is 0 Å². The third-order valence-electron chi connectivity index (χ3n) is 2.99. The number of thioether (sulfide) groups is 1. The van der Waals surface area contributed by atoms with E-state index < -0.39 is 5.97 Å². The highest BCUT2D eigenvalue weighted by atomic mass is 32.2. The Labute approximate surface area is 120 Å². The number of anilines is 1. The van der Waals surface area contributed by atoms with Crippen LogP contribution in [0, 0.1) is 0 Å². The molecule has 0 unspecified atom stereocenters. The number of carboxylic acid groups (broad SMARTS) is 1. The van der Waals surface area contributed by atoms with Gasteiger partial charge >= 0.3 is 12.0 Å². The number of hydrogen-bond acceptors (Lipinski definition) is 4. The van der Waals surface area contributed by atoms with Crippen LogP contribution in [0.3, 0.4) is 0 Å². The summed E-state index contributed by atoms with van der Waals surface area (Å²) in [5, 5.41) is 21.1. The minimum absolute atomic E-state index is 0.186. The van der Waals surface area contributed by atoms with E-state index in [4.69, 9.17) is 5.11 Å². The molecule has 20 heavy (non-hydrogen) atoms. The summed E-state index contributed by atoms with van der Waals surface area (Å²) in [4.78, 5) is 24.6. The average molecular weight is 296 g/mol. The minimum atomic E-state index is -1.20. The lowest BCUT2D eigenvalue weighted by Gasteiger charge is -2.20. The Balaban J connectivity index is 2.03. The van der Waals surface area contributed by atoms with Gasteiger partial charge in [0, 0.05) is 30.6 Å². The van der Waals surface area contributed by atoms with Gasteiger partial charge in [0.25, 0.3) is 0 Å². The topological polar surface area (TPSA) is 89.9 Å². The molecule has 2 amide bonds. The lowest BCUT2D eigenvalue weighted by atomic mass is 10.2. The van der Waals surface area contributed by atoms with Crippen LogP contribution < -0.4 is 5.32 Å². The van der Waals surface area contributed by atoms with E-state index in [2.05, 4.69) is 5.32 Å². The second kappa shape index (κ2) is 6.51. The van der Waals surface area contributed by atoms with E-state index in [-0.39, 0.29) is 17.3 Å². The summed E-state index contributed by atoms with van der Waals surface area (Å²) >= 11 is 1.82. The zero-order chi connectivity index (χ0) is 14.5. The highest BCUT2D eigenvalue weighted by Crippen LogP contribution is 2.22. The molecule has 0 radical (unpaired) electrons. The highest BCUT2D eigenvalue weighted by molar-refractivity contribution is 7.99. The van der Waals surface area contributed by atoms with Gasteiger partial charge in [-0.3, -0.25) is 0 Å². The zero-order valence-electron chi connectivity index (χ0n) is 10.8. The van der Waals surface area contributed by atoms with Gasteiger partial charge in [0.15, 0.2) is 0 Å². The number of carboxylic acids is 1. The van der Waals surface area contributed by atoms with E-state index in [0.717, 1.165) is 17.9 Å². The monoisotopic (exact) mass is 296 g/mol. The number of amides is 2. The maximum atomic E-state index is 12.1. The first-order valence-electron chi connectivity index (χ1n) is 6.28. The third-order valence-corrected chi connectivity index (χ3v) is 4.04. The van der Waals surface area contributed by atoms with Gasteiger partial charge in [-0.1, -0.05) is 0 Å². The summed E-state index contributed by atoms with van der Waals surface area (Å²) in [5.41, 5.74) is 0.198. The molecule has 3 N–H and O–H groups in total. The zero-order valence-corrected chi connectivity index (χ0v) is 11.7. The van der Waals surface area contributed by atoms with E-state index in [1.165, 1.54) is 18.2 Å². The van der Waals surface area contributed by atoms with Crippen molar-refractivity contribution in [3.8, 4) is 5.75 Å². The van der Waals surface area contributed by atoms with Gasteiger partial charge in [-0.2, -0.15) is 11.8 Å². The Morgan fingerprint density at radius 1 is 1.25 bits per heavy atom. The molecule has 1 aliphatic rings. The first-order chi connectivity index (χ1) is 9.58. The van der Waals surface area contributed by atoms with Gasteiger partial charge in [-0.05, 0) is 24.3 Å². The molecular formula is C13H16N2O4S. The Morgan fingerprint density at radius 2 is 2.05 bits per heavy atom. The van der Waals surface area contributed by atoms with Crippen LogP contribution in [0.4, 0.5) is 10.5 Å². The summed E-state index contributed by atoms with van der Waals surface area (Å²) in [6, 6.07) is 3.75.